The third kappa shape index (κ3) is 3.48. The molecule has 32 heavy (non-hydrogen) atoms. The van der Waals surface area contributed by atoms with Crippen molar-refractivity contribution in [1.29, 1.82) is 0 Å². The predicted molar refractivity (Wildman–Crippen MR) is 120 cm³/mol. The van der Waals surface area contributed by atoms with Crippen molar-refractivity contribution < 1.29 is 13.9 Å². The molecule has 0 aliphatic carbocycles. The van der Waals surface area contributed by atoms with E-state index in [9.17, 15) is 14.4 Å². The van der Waals surface area contributed by atoms with Gasteiger partial charge in [-0.05, 0) is 32.4 Å². The summed E-state index contributed by atoms with van der Waals surface area (Å²) in [6, 6.07) is 6.50. The van der Waals surface area contributed by atoms with Crippen LogP contribution < -0.4 is 16.3 Å². The number of benzene rings is 1. The maximum absolute atomic E-state index is 13.1. The summed E-state index contributed by atoms with van der Waals surface area (Å²) in [4.78, 5) is 44.6. The van der Waals surface area contributed by atoms with E-state index in [1.54, 1.807) is 38.2 Å². The lowest BCUT2D eigenvalue weighted by Gasteiger charge is -2.30. The van der Waals surface area contributed by atoms with Crippen molar-refractivity contribution in [1.82, 2.24) is 4.98 Å². The van der Waals surface area contributed by atoms with Crippen LogP contribution in [0.1, 0.15) is 35.3 Å². The first kappa shape index (κ1) is 21.1. The van der Waals surface area contributed by atoms with Crippen molar-refractivity contribution in [3.8, 4) is 0 Å². The normalized spacial score (nSPS) is 15.1. The molecule has 0 amide bonds. The van der Waals surface area contributed by atoms with Crippen LogP contribution in [0.2, 0.25) is 0 Å². The number of ether oxygens (including phenoxy) is 1. The number of anilines is 1. The lowest BCUT2D eigenvalue weighted by Crippen LogP contribution is -2.31. The molecule has 0 radical (unpaired) electrons. The Kier molecular flexibility index (Phi) is 5.41. The Bertz CT molecular complexity index is 1440. The molecule has 3 aromatic rings. The number of aromatic nitrogens is 1. The molecule has 8 heteroatoms. The number of esters is 1. The minimum atomic E-state index is -0.830. The van der Waals surface area contributed by atoms with E-state index in [1.807, 2.05) is 6.92 Å². The topological polar surface area (TPSA) is 106 Å². The highest BCUT2D eigenvalue weighted by Gasteiger charge is 2.37. The van der Waals surface area contributed by atoms with Gasteiger partial charge in [-0.1, -0.05) is 12.1 Å². The number of nitrogens with zero attached hydrogens (tertiary/aromatic N) is 1. The third-order valence-electron chi connectivity index (χ3n) is 5.50. The summed E-state index contributed by atoms with van der Waals surface area (Å²) in [7, 11) is 0. The number of pyridine rings is 1. The van der Waals surface area contributed by atoms with Gasteiger partial charge in [0.25, 0.3) is 5.56 Å². The molecule has 1 aromatic carbocycles. The van der Waals surface area contributed by atoms with E-state index in [0.717, 1.165) is 5.56 Å². The Hall–Kier alpha value is -4.12. The van der Waals surface area contributed by atoms with Gasteiger partial charge in [0, 0.05) is 23.5 Å². The Labute approximate surface area is 183 Å². The van der Waals surface area contributed by atoms with Crippen LogP contribution in [0.15, 0.2) is 55.7 Å². The number of aromatic amines is 1. The molecule has 1 unspecified atom stereocenters. The minimum absolute atomic E-state index is 0.0365. The second-order valence-corrected chi connectivity index (χ2v) is 7.65. The zero-order chi connectivity index (χ0) is 23.0. The first-order valence-corrected chi connectivity index (χ1v) is 10.1. The summed E-state index contributed by atoms with van der Waals surface area (Å²) in [6.45, 7) is 12.1. The number of hydrogen-bond acceptors (Lipinski definition) is 6. The monoisotopic (exact) mass is 431 g/mol. The van der Waals surface area contributed by atoms with Crippen LogP contribution in [0.4, 0.5) is 5.69 Å². The van der Waals surface area contributed by atoms with Gasteiger partial charge in [-0.3, -0.25) is 9.59 Å². The van der Waals surface area contributed by atoms with Gasteiger partial charge >= 0.3 is 5.97 Å². The number of fused-ring (bicyclic) bond motifs is 2. The van der Waals surface area contributed by atoms with Crippen LogP contribution in [-0.4, -0.2) is 24.1 Å². The second-order valence-electron chi connectivity index (χ2n) is 7.65. The number of carbonyl (C=O) groups excluding carboxylic acids is 1. The number of para-hydroxylation sites is 1. The Morgan fingerprint density at radius 1 is 1.25 bits per heavy atom. The van der Waals surface area contributed by atoms with Crippen molar-refractivity contribution in [2.75, 3.05) is 18.5 Å². The summed E-state index contributed by atoms with van der Waals surface area (Å²) in [5, 5.41) is 3.52. The van der Waals surface area contributed by atoms with Crippen LogP contribution in [0.5, 0.6) is 0 Å². The summed E-state index contributed by atoms with van der Waals surface area (Å²) in [6.07, 6.45) is 1.60. The first-order valence-electron chi connectivity index (χ1n) is 10.1. The van der Waals surface area contributed by atoms with Gasteiger partial charge in [-0.25, -0.2) is 11.4 Å². The molecule has 0 fully saturated rings. The summed E-state index contributed by atoms with van der Waals surface area (Å²) in [5.74, 6) is -1.05. The quantitative estimate of drug-likeness (QED) is 0.373. The fourth-order valence-corrected chi connectivity index (χ4v) is 4.09. The Morgan fingerprint density at radius 3 is 2.78 bits per heavy atom. The lowest BCUT2D eigenvalue weighted by atomic mass is 9.80. The number of carbonyl (C=O) groups is 1. The first-order chi connectivity index (χ1) is 15.3. The highest BCUT2D eigenvalue weighted by molar-refractivity contribution is 5.96. The second kappa shape index (κ2) is 8.19. The van der Waals surface area contributed by atoms with Crippen molar-refractivity contribution in [2.45, 2.75) is 26.7 Å². The summed E-state index contributed by atoms with van der Waals surface area (Å²) in [5.41, 5.74) is 2.74. The number of aryl methyl sites for hydroxylation is 2. The zero-order valence-corrected chi connectivity index (χ0v) is 17.9. The van der Waals surface area contributed by atoms with Gasteiger partial charge in [0.1, 0.15) is 11.3 Å². The van der Waals surface area contributed by atoms with E-state index in [4.69, 9.17) is 15.7 Å². The van der Waals surface area contributed by atoms with Crippen LogP contribution in [-0.2, 0) is 9.53 Å². The van der Waals surface area contributed by atoms with Crippen LogP contribution in [0.3, 0.4) is 0 Å². The highest BCUT2D eigenvalue weighted by atomic mass is 16.5. The molecule has 4 rings (SSSR count). The maximum atomic E-state index is 13.1. The van der Waals surface area contributed by atoms with E-state index in [1.165, 1.54) is 6.07 Å². The van der Waals surface area contributed by atoms with E-state index in [-0.39, 0.29) is 29.7 Å². The van der Waals surface area contributed by atoms with Gasteiger partial charge in [0.15, 0.2) is 12.0 Å². The molecule has 2 N–H and O–H groups in total. The number of allylic oxidation sites excluding steroid dienone is 1. The number of nitrogens with one attached hydrogen (secondary N) is 2. The molecule has 162 valence electrons. The molecular formula is C24H21N3O5. The van der Waals surface area contributed by atoms with Crippen LogP contribution in [0.25, 0.3) is 15.8 Å². The number of rotatable bonds is 4. The minimum Gasteiger partial charge on any atom is -0.461 e. The standard InChI is InChI=1S/C24H21N3O5/c1-12-11-26-23(29)20-19(16-7-5-6-15-17(28)10-13(2)32-22(15)16)18(14(3)27-21(12)20)24(30)31-9-8-25-4/h5-7,10-11,19,27H,8-9H2,1-3H3,(H,26,29). The highest BCUT2D eigenvalue weighted by Crippen LogP contribution is 2.43. The van der Waals surface area contributed by atoms with E-state index >= 15 is 0 Å². The molecule has 2 aromatic heterocycles. The smallest absolute Gasteiger partial charge is 0.337 e. The van der Waals surface area contributed by atoms with Crippen molar-refractivity contribution in [3.63, 3.8) is 0 Å². The van der Waals surface area contributed by atoms with Crippen LogP contribution >= 0.6 is 0 Å². The lowest BCUT2D eigenvalue weighted by molar-refractivity contribution is -0.138. The van der Waals surface area contributed by atoms with Gasteiger partial charge in [0.2, 0.25) is 6.54 Å². The van der Waals surface area contributed by atoms with E-state index < -0.39 is 11.9 Å². The predicted octanol–water partition coefficient (Wildman–Crippen LogP) is 3.39. The van der Waals surface area contributed by atoms with Crippen molar-refractivity contribution in [2.24, 2.45) is 0 Å². The molecule has 0 saturated heterocycles. The molecule has 0 saturated carbocycles. The maximum Gasteiger partial charge on any atom is 0.337 e. The molecule has 3 heterocycles. The molecule has 1 atom stereocenters. The van der Waals surface area contributed by atoms with Crippen molar-refractivity contribution in [3.05, 3.63) is 96.2 Å². The molecule has 8 nitrogen and oxygen atoms in total. The molecule has 0 bridgehead atoms. The summed E-state index contributed by atoms with van der Waals surface area (Å²) < 4.78 is 11.3. The average Bonchev–Trinajstić information content (AvgIpc) is 2.75. The fraction of sp³-hybridized carbons (Fsp3) is 0.250. The molecular weight excluding hydrogens is 410 g/mol. The van der Waals surface area contributed by atoms with E-state index in [0.29, 0.717) is 39.2 Å². The van der Waals surface area contributed by atoms with Gasteiger partial charge in [-0.15, -0.1) is 0 Å². The zero-order valence-electron chi connectivity index (χ0n) is 17.9. The number of hydrogen-bond donors (Lipinski definition) is 2. The fourth-order valence-electron chi connectivity index (χ4n) is 4.09. The molecule has 0 spiro atoms. The van der Waals surface area contributed by atoms with Gasteiger partial charge < -0.3 is 24.3 Å². The Balaban J connectivity index is 2.03. The van der Waals surface area contributed by atoms with Gasteiger partial charge in [-0.2, -0.15) is 0 Å². The summed E-state index contributed by atoms with van der Waals surface area (Å²) >= 11 is 0. The van der Waals surface area contributed by atoms with Crippen molar-refractivity contribution >= 4 is 22.6 Å². The van der Waals surface area contributed by atoms with Crippen LogP contribution in [0, 0.1) is 20.4 Å². The SMILES string of the molecule is [C-]#[N+]CCOC(=O)C1=C(C)Nc2c(C)c[nH]c(=O)c2C1c1cccc2c(=O)cc(C)oc12. The van der Waals surface area contributed by atoms with Gasteiger partial charge in [0.05, 0.1) is 28.1 Å². The average molecular weight is 431 g/mol. The van der Waals surface area contributed by atoms with E-state index in [2.05, 4.69) is 15.1 Å². The Morgan fingerprint density at radius 2 is 2.03 bits per heavy atom. The molecule has 1 aliphatic heterocycles. The largest absolute Gasteiger partial charge is 0.461 e. The third-order valence-corrected chi connectivity index (χ3v) is 5.50. The molecule has 1 aliphatic rings. The number of H-pyrrole nitrogens is 1.